The van der Waals surface area contributed by atoms with E-state index in [1.807, 2.05) is 24.3 Å². The van der Waals surface area contributed by atoms with E-state index in [9.17, 15) is 14.4 Å². The summed E-state index contributed by atoms with van der Waals surface area (Å²) in [6.45, 7) is 2.28. The normalized spacial score (nSPS) is 19.4. The number of anilines is 1. The summed E-state index contributed by atoms with van der Waals surface area (Å²) in [6, 6.07) is 9.38. The van der Waals surface area contributed by atoms with Gasteiger partial charge in [-0.1, -0.05) is 12.1 Å². The highest BCUT2D eigenvalue weighted by Crippen LogP contribution is 2.22. The standard InChI is InChI=1S/C22H25N3O4/c26-20-4-2-11-25(20)19-7-5-16(6-8-19)13-23-21(27)17-3-1-10-24(14-17)22(28)18-9-12-29-15-18/h5-9,12,15,17H,1-4,10-11,13-14H2,(H,23,27). The zero-order valence-corrected chi connectivity index (χ0v) is 16.3. The fourth-order valence-electron chi connectivity index (χ4n) is 3.99. The predicted octanol–water partition coefficient (Wildman–Crippen LogP) is 2.58. The Hall–Kier alpha value is -3.09. The van der Waals surface area contributed by atoms with Gasteiger partial charge in [-0.2, -0.15) is 0 Å². The summed E-state index contributed by atoms with van der Waals surface area (Å²) in [5.41, 5.74) is 2.40. The third kappa shape index (κ3) is 4.34. The SMILES string of the molecule is O=C(NCc1ccc(N2CCCC2=O)cc1)C1CCCN(C(=O)c2ccoc2)C1. The Kier molecular flexibility index (Phi) is 5.64. The topological polar surface area (TPSA) is 82.9 Å². The largest absolute Gasteiger partial charge is 0.472 e. The van der Waals surface area contributed by atoms with Crippen LogP contribution in [0.4, 0.5) is 5.69 Å². The van der Waals surface area contributed by atoms with E-state index in [0.717, 1.165) is 37.1 Å². The summed E-state index contributed by atoms with van der Waals surface area (Å²) in [4.78, 5) is 40.5. The van der Waals surface area contributed by atoms with E-state index in [4.69, 9.17) is 4.42 Å². The Labute approximate surface area is 169 Å². The molecule has 152 valence electrons. The van der Waals surface area contributed by atoms with Crippen LogP contribution in [0, 0.1) is 5.92 Å². The quantitative estimate of drug-likeness (QED) is 0.844. The molecule has 0 bridgehead atoms. The summed E-state index contributed by atoms with van der Waals surface area (Å²) < 4.78 is 4.99. The minimum Gasteiger partial charge on any atom is -0.472 e. The number of likely N-dealkylation sites (tertiary alicyclic amines) is 1. The first kappa shape index (κ1) is 19.2. The number of carbonyl (C=O) groups is 3. The molecule has 29 heavy (non-hydrogen) atoms. The molecule has 3 amide bonds. The highest BCUT2D eigenvalue weighted by molar-refractivity contribution is 5.95. The molecule has 0 aliphatic carbocycles. The maximum atomic E-state index is 12.6. The van der Waals surface area contributed by atoms with Crippen molar-refractivity contribution in [2.75, 3.05) is 24.5 Å². The first-order valence-electron chi connectivity index (χ1n) is 10.1. The molecule has 0 spiro atoms. The van der Waals surface area contributed by atoms with Gasteiger partial charge in [-0.15, -0.1) is 0 Å². The van der Waals surface area contributed by atoms with Gasteiger partial charge >= 0.3 is 0 Å². The number of nitrogens with zero attached hydrogens (tertiary/aromatic N) is 2. The molecule has 1 unspecified atom stereocenters. The summed E-state index contributed by atoms with van der Waals surface area (Å²) in [6.07, 6.45) is 6.01. The van der Waals surface area contributed by atoms with Crippen molar-refractivity contribution in [2.45, 2.75) is 32.2 Å². The number of carbonyl (C=O) groups excluding carboxylic acids is 3. The molecule has 1 aromatic heterocycles. The van der Waals surface area contributed by atoms with E-state index >= 15 is 0 Å². The van der Waals surface area contributed by atoms with Crippen LogP contribution in [0.25, 0.3) is 0 Å². The first-order chi connectivity index (χ1) is 14.1. The van der Waals surface area contributed by atoms with Crippen LogP contribution in [0.5, 0.6) is 0 Å². The minimum atomic E-state index is -0.207. The van der Waals surface area contributed by atoms with Crippen molar-refractivity contribution in [3.63, 3.8) is 0 Å². The van der Waals surface area contributed by atoms with Gasteiger partial charge in [0.05, 0.1) is 17.7 Å². The average Bonchev–Trinajstić information content (AvgIpc) is 3.44. The lowest BCUT2D eigenvalue weighted by molar-refractivity contribution is -0.126. The monoisotopic (exact) mass is 395 g/mol. The molecule has 7 heteroatoms. The molecule has 0 radical (unpaired) electrons. The molecule has 1 atom stereocenters. The molecule has 2 aliphatic heterocycles. The fraction of sp³-hybridized carbons (Fsp3) is 0.409. The van der Waals surface area contributed by atoms with Crippen LogP contribution in [0.2, 0.25) is 0 Å². The smallest absolute Gasteiger partial charge is 0.257 e. The van der Waals surface area contributed by atoms with E-state index in [1.165, 1.54) is 12.5 Å². The predicted molar refractivity (Wildman–Crippen MR) is 107 cm³/mol. The molecule has 2 fully saturated rings. The zero-order valence-electron chi connectivity index (χ0n) is 16.3. The molecule has 2 aliphatic rings. The Morgan fingerprint density at radius 2 is 1.93 bits per heavy atom. The molecule has 4 rings (SSSR count). The van der Waals surface area contributed by atoms with Crippen LogP contribution in [0.3, 0.4) is 0 Å². The molecule has 7 nitrogen and oxygen atoms in total. The van der Waals surface area contributed by atoms with Gasteiger partial charge in [-0.25, -0.2) is 0 Å². The number of nitrogens with one attached hydrogen (secondary N) is 1. The summed E-state index contributed by atoms with van der Waals surface area (Å²) >= 11 is 0. The van der Waals surface area contributed by atoms with Gasteiger partial charge in [0.2, 0.25) is 11.8 Å². The number of hydrogen-bond acceptors (Lipinski definition) is 4. The molecule has 2 aromatic rings. The van der Waals surface area contributed by atoms with Gasteiger partial charge in [0.25, 0.3) is 5.91 Å². The van der Waals surface area contributed by atoms with Crippen molar-refractivity contribution in [1.82, 2.24) is 10.2 Å². The second-order valence-electron chi connectivity index (χ2n) is 7.64. The minimum absolute atomic E-state index is 0.0338. The van der Waals surface area contributed by atoms with E-state index in [-0.39, 0.29) is 23.6 Å². The molecule has 3 heterocycles. The van der Waals surface area contributed by atoms with Crippen molar-refractivity contribution in [3.05, 3.63) is 54.0 Å². The maximum absolute atomic E-state index is 12.6. The maximum Gasteiger partial charge on any atom is 0.257 e. The first-order valence-corrected chi connectivity index (χ1v) is 10.1. The van der Waals surface area contributed by atoms with Crippen LogP contribution in [0.1, 0.15) is 41.6 Å². The van der Waals surface area contributed by atoms with Gasteiger partial charge in [0.1, 0.15) is 6.26 Å². The Morgan fingerprint density at radius 1 is 1.10 bits per heavy atom. The number of piperidine rings is 1. The molecular weight excluding hydrogens is 370 g/mol. The fourth-order valence-corrected chi connectivity index (χ4v) is 3.99. The number of amides is 3. The van der Waals surface area contributed by atoms with Crippen molar-refractivity contribution < 1.29 is 18.8 Å². The second kappa shape index (κ2) is 8.51. The van der Waals surface area contributed by atoms with Crippen LogP contribution in [-0.4, -0.2) is 42.3 Å². The third-order valence-electron chi connectivity index (χ3n) is 5.64. The lowest BCUT2D eigenvalue weighted by Gasteiger charge is -2.31. The van der Waals surface area contributed by atoms with Crippen molar-refractivity contribution in [2.24, 2.45) is 5.92 Å². The second-order valence-corrected chi connectivity index (χ2v) is 7.64. The molecule has 1 aromatic carbocycles. The van der Waals surface area contributed by atoms with Gasteiger partial charge in [0, 0.05) is 38.3 Å². The average molecular weight is 395 g/mol. The van der Waals surface area contributed by atoms with Gasteiger partial charge in [-0.3, -0.25) is 14.4 Å². The summed E-state index contributed by atoms with van der Waals surface area (Å²) in [5, 5.41) is 2.98. The Balaban J connectivity index is 1.30. The van der Waals surface area contributed by atoms with Gasteiger partial charge < -0.3 is 19.5 Å². The van der Waals surface area contributed by atoms with Crippen LogP contribution in [-0.2, 0) is 16.1 Å². The van der Waals surface area contributed by atoms with Gasteiger partial charge in [0.15, 0.2) is 0 Å². The number of hydrogen-bond donors (Lipinski definition) is 1. The van der Waals surface area contributed by atoms with Crippen LogP contribution in [0.15, 0.2) is 47.3 Å². The highest BCUT2D eigenvalue weighted by Gasteiger charge is 2.29. The Bertz CT molecular complexity index is 876. The third-order valence-corrected chi connectivity index (χ3v) is 5.64. The van der Waals surface area contributed by atoms with Gasteiger partial charge in [-0.05, 0) is 43.0 Å². The molecule has 2 saturated heterocycles. The molecule has 1 N–H and O–H groups in total. The van der Waals surface area contributed by atoms with Crippen molar-refractivity contribution >= 4 is 23.4 Å². The highest BCUT2D eigenvalue weighted by atomic mass is 16.3. The van der Waals surface area contributed by atoms with Crippen molar-refractivity contribution in [3.8, 4) is 0 Å². The van der Waals surface area contributed by atoms with Crippen molar-refractivity contribution in [1.29, 1.82) is 0 Å². The van der Waals surface area contributed by atoms with E-state index in [0.29, 0.717) is 31.6 Å². The lowest BCUT2D eigenvalue weighted by atomic mass is 9.96. The number of benzene rings is 1. The summed E-state index contributed by atoms with van der Waals surface area (Å²) in [7, 11) is 0. The lowest BCUT2D eigenvalue weighted by Crippen LogP contribution is -2.45. The molecule has 0 saturated carbocycles. The van der Waals surface area contributed by atoms with E-state index in [1.54, 1.807) is 15.9 Å². The Morgan fingerprint density at radius 3 is 2.62 bits per heavy atom. The van der Waals surface area contributed by atoms with Crippen LogP contribution >= 0.6 is 0 Å². The van der Waals surface area contributed by atoms with Crippen LogP contribution < -0.4 is 10.2 Å². The van der Waals surface area contributed by atoms with E-state index < -0.39 is 0 Å². The number of rotatable bonds is 5. The zero-order chi connectivity index (χ0) is 20.2. The summed E-state index contributed by atoms with van der Waals surface area (Å²) in [5.74, 6) is -0.171. The van der Waals surface area contributed by atoms with E-state index in [2.05, 4.69) is 5.32 Å². The molecular formula is C22H25N3O4. The number of furan rings is 1.